The van der Waals surface area contributed by atoms with Crippen LogP contribution in [-0.4, -0.2) is 12.1 Å². The van der Waals surface area contributed by atoms with E-state index in [1.54, 1.807) is 0 Å². The quantitative estimate of drug-likeness (QED) is 0.385. The summed E-state index contributed by atoms with van der Waals surface area (Å²) in [4.78, 5) is 11.6. The van der Waals surface area contributed by atoms with Gasteiger partial charge < -0.3 is 4.74 Å². The highest BCUT2D eigenvalue weighted by Crippen LogP contribution is 2.20. The van der Waals surface area contributed by atoms with E-state index < -0.39 is 0 Å². The fourth-order valence-corrected chi connectivity index (χ4v) is 2.30. The molecule has 0 atom stereocenters. The SMILES string of the molecule is CCCCCCC(=O)OC1CCCCCC1. The highest BCUT2D eigenvalue weighted by atomic mass is 16.5. The Labute approximate surface area is 99.8 Å². The Hall–Kier alpha value is -0.530. The second kappa shape index (κ2) is 8.60. The number of hydrogen-bond donors (Lipinski definition) is 0. The first-order chi connectivity index (χ1) is 7.83. The third kappa shape index (κ3) is 6.14. The van der Waals surface area contributed by atoms with Crippen LogP contribution in [0.15, 0.2) is 0 Å². The van der Waals surface area contributed by atoms with Gasteiger partial charge in [-0.3, -0.25) is 4.79 Å². The average molecular weight is 226 g/mol. The number of esters is 1. The second-order valence-electron chi connectivity index (χ2n) is 4.91. The van der Waals surface area contributed by atoms with Gasteiger partial charge in [-0.15, -0.1) is 0 Å². The first-order valence-corrected chi connectivity index (χ1v) is 7.02. The van der Waals surface area contributed by atoms with Crippen molar-refractivity contribution in [2.75, 3.05) is 0 Å². The van der Waals surface area contributed by atoms with Gasteiger partial charge in [0.2, 0.25) is 0 Å². The van der Waals surface area contributed by atoms with Crippen LogP contribution < -0.4 is 0 Å². The van der Waals surface area contributed by atoms with Gasteiger partial charge in [0, 0.05) is 6.42 Å². The van der Waals surface area contributed by atoms with Crippen molar-refractivity contribution in [1.29, 1.82) is 0 Å². The van der Waals surface area contributed by atoms with Gasteiger partial charge >= 0.3 is 5.97 Å². The third-order valence-electron chi connectivity index (χ3n) is 3.33. The molecule has 0 aromatic heterocycles. The molecular formula is C14H26O2. The van der Waals surface area contributed by atoms with E-state index in [0.29, 0.717) is 6.42 Å². The standard InChI is InChI=1S/C14H26O2/c1-2-3-4-9-12-14(15)16-13-10-7-5-6-8-11-13/h13H,2-12H2,1H3. The molecule has 94 valence electrons. The number of carbonyl (C=O) groups excluding carboxylic acids is 1. The molecule has 0 aromatic carbocycles. The number of ether oxygens (including phenoxy) is 1. The van der Waals surface area contributed by atoms with Crippen molar-refractivity contribution in [3.63, 3.8) is 0 Å². The molecule has 0 saturated heterocycles. The minimum atomic E-state index is 0.0306. The summed E-state index contributed by atoms with van der Waals surface area (Å²) in [7, 11) is 0. The zero-order valence-electron chi connectivity index (χ0n) is 10.7. The van der Waals surface area contributed by atoms with E-state index >= 15 is 0 Å². The van der Waals surface area contributed by atoms with Crippen LogP contribution in [0.25, 0.3) is 0 Å². The van der Waals surface area contributed by atoms with Crippen molar-refractivity contribution >= 4 is 5.97 Å². The molecule has 1 rings (SSSR count). The van der Waals surface area contributed by atoms with Crippen LogP contribution in [0.1, 0.15) is 77.6 Å². The lowest BCUT2D eigenvalue weighted by Gasteiger charge is -2.15. The number of hydrogen-bond acceptors (Lipinski definition) is 2. The van der Waals surface area contributed by atoms with E-state index in [0.717, 1.165) is 25.7 Å². The molecule has 0 bridgehead atoms. The van der Waals surface area contributed by atoms with Crippen LogP contribution in [0, 0.1) is 0 Å². The fraction of sp³-hybridized carbons (Fsp3) is 0.929. The van der Waals surface area contributed by atoms with Crippen molar-refractivity contribution in [3.05, 3.63) is 0 Å². The molecule has 1 saturated carbocycles. The Bertz CT molecular complexity index is 181. The van der Waals surface area contributed by atoms with Crippen molar-refractivity contribution in [2.24, 2.45) is 0 Å². The fourth-order valence-electron chi connectivity index (χ4n) is 2.30. The smallest absolute Gasteiger partial charge is 0.306 e. The predicted octanol–water partition coefficient (Wildman–Crippen LogP) is 4.22. The first kappa shape index (κ1) is 13.5. The van der Waals surface area contributed by atoms with Gasteiger partial charge in [-0.05, 0) is 32.1 Å². The average Bonchev–Trinajstić information content (AvgIpc) is 2.53. The molecule has 0 aliphatic heterocycles. The molecule has 0 amide bonds. The van der Waals surface area contributed by atoms with Gasteiger partial charge in [-0.25, -0.2) is 0 Å². The maximum absolute atomic E-state index is 11.6. The lowest BCUT2D eigenvalue weighted by Crippen LogP contribution is -2.17. The summed E-state index contributed by atoms with van der Waals surface area (Å²) in [5.41, 5.74) is 0. The Morgan fingerprint density at radius 3 is 2.38 bits per heavy atom. The predicted molar refractivity (Wildman–Crippen MR) is 66.3 cm³/mol. The molecule has 0 radical (unpaired) electrons. The van der Waals surface area contributed by atoms with Crippen molar-refractivity contribution in [2.45, 2.75) is 83.7 Å². The minimum absolute atomic E-state index is 0.0306. The van der Waals surface area contributed by atoms with Gasteiger partial charge in [0.05, 0.1) is 0 Å². The molecule has 1 aliphatic rings. The maximum Gasteiger partial charge on any atom is 0.306 e. The highest BCUT2D eigenvalue weighted by Gasteiger charge is 2.15. The van der Waals surface area contributed by atoms with Crippen LogP contribution in [0.4, 0.5) is 0 Å². The number of carbonyl (C=O) groups is 1. The van der Waals surface area contributed by atoms with E-state index in [9.17, 15) is 4.79 Å². The van der Waals surface area contributed by atoms with Crippen LogP contribution in [0.2, 0.25) is 0 Å². The summed E-state index contributed by atoms with van der Waals surface area (Å²) in [6.45, 7) is 2.18. The van der Waals surface area contributed by atoms with Crippen LogP contribution >= 0.6 is 0 Å². The topological polar surface area (TPSA) is 26.3 Å². The summed E-state index contributed by atoms with van der Waals surface area (Å²) >= 11 is 0. The Balaban J connectivity index is 2.07. The maximum atomic E-state index is 11.6. The van der Waals surface area contributed by atoms with E-state index in [1.807, 2.05) is 0 Å². The molecule has 2 heteroatoms. The Morgan fingerprint density at radius 1 is 1.06 bits per heavy atom. The normalized spacial score (nSPS) is 18.1. The molecule has 0 heterocycles. The van der Waals surface area contributed by atoms with Crippen molar-refractivity contribution in [1.82, 2.24) is 0 Å². The molecule has 2 nitrogen and oxygen atoms in total. The zero-order valence-corrected chi connectivity index (χ0v) is 10.7. The number of rotatable bonds is 6. The second-order valence-corrected chi connectivity index (χ2v) is 4.91. The lowest BCUT2D eigenvalue weighted by molar-refractivity contribution is -0.149. The summed E-state index contributed by atoms with van der Waals surface area (Å²) in [6, 6.07) is 0. The summed E-state index contributed by atoms with van der Waals surface area (Å²) in [5, 5.41) is 0. The third-order valence-corrected chi connectivity index (χ3v) is 3.33. The Morgan fingerprint density at radius 2 is 1.75 bits per heavy atom. The molecule has 0 aromatic rings. The Kier molecular flexibility index (Phi) is 7.28. The largest absolute Gasteiger partial charge is 0.462 e. The van der Waals surface area contributed by atoms with Gasteiger partial charge in [-0.2, -0.15) is 0 Å². The molecule has 1 aliphatic carbocycles. The number of unbranched alkanes of at least 4 members (excludes halogenated alkanes) is 3. The van der Waals surface area contributed by atoms with Gasteiger partial charge in [0.25, 0.3) is 0 Å². The lowest BCUT2D eigenvalue weighted by atomic mass is 10.1. The van der Waals surface area contributed by atoms with E-state index in [1.165, 1.54) is 38.5 Å². The zero-order chi connectivity index (χ0) is 11.6. The van der Waals surface area contributed by atoms with Crippen molar-refractivity contribution < 1.29 is 9.53 Å². The highest BCUT2D eigenvalue weighted by molar-refractivity contribution is 5.69. The van der Waals surface area contributed by atoms with Crippen molar-refractivity contribution in [3.8, 4) is 0 Å². The minimum Gasteiger partial charge on any atom is -0.462 e. The monoisotopic (exact) mass is 226 g/mol. The molecule has 0 spiro atoms. The van der Waals surface area contributed by atoms with E-state index in [-0.39, 0.29) is 12.1 Å². The van der Waals surface area contributed by atoms with E-state index in [4.69, 9.17) is 4.74 Å². The summed E-state index contributed by atoms with van der Waals surface area (Å²) in [6.07, 6.45) is 12.7. The summed E-state index contributed by atoms with van der Waals surface area (Å²) in [5.74, 6) is 0.0306. The van der Waals surface area contributed by atoms with Crippen LogP contribution in [0.5, 0.6) is 0 Å². The molecule has 0 unspecified atom stereocenters. The van der Waals surface area contributed by atoms with E-state index in [2.05, 4.69) is 6.92 Å². The van der Waals surface area contributed by atoms with Gasteiger partial charge in [-0.1, -0.05) is 39.0 Å². The van der Waals surface area contributed by atoms with Crippen LogP contribution in [-0.2, 0) is 9.53 Å². The molecular weight excluding hydrogens is 200 g/mol. The van der Waals surface area contributed by atoms with Crippen LogP contribution in [0.3, 0.4) is 0 Å². The first-order valence-electron chi connectivity index (χ1n) is 7.02. The molecule has 16 heavy (non-hydrogen) atoms. The molecule has 0 N–H and O–H groups in total. The van der Waals surface area contributed by atoms with Gasteiger partial charge in [0.15, 0.2) is 0 Å². The summed E-state index contributed by atoms with van der Waals surface area (Å²) < 4.78 is 5.51. The molecule has 1 fully saturated rings. The van der Waals surface area contributed by atoms with Gasteiger partial charge in [0.1, 0.15) is 6.10 Å².